The average Bonchev–Trinajstić information content (AvgIpc) is 2.16. The third kappa shape index (κ3) is 4.71. The van der Waals surface area contributed by atoms with Crippen molar-refractivity contribution in [1.29, 1.82) is 0 Å². The lowest BCUT2D eigenvalue weighted by Crippen LogP contribution is -2.28. The van der Waals surface area contributed by atoms with Crippen molar-refractivity contribution in [3.63, 3.8) is 0 Å². The van der Waals surface area contributed by atoms with Crippen LogP contribution < -0.4 is 5.32 Å². The summed E-state index contributed by atoms with van der Waals surface area (Å²) < 4.78 is 26.1. The summed E-state index contributed by atoms with van der Waals surface area (Å²) in [7, 11) is 0. The fourth-order valence-corrected chi connectivity index (χ4v) is 1.42. The lowest BCUT2D eigenvalue weighted by atomic mass is 9.97. The van der Waals surface area contributed by atoms with Crippen molar-refractivity contribution in [3.8, 4) is 0 Å². The van der Waals surface area contributed by atoms with Gasteiger partial charge in [0.15, 0.2) is 0 Å². The zero-order valence-electron chi connectivity index (χ0n) is 10.1. The third-order valence-electron chi connectivity index (χ3n) is 2.23. The highest BCUT2D eigenvalue weighted by Gasteiger charge is 2.09. The van der Waals surface area contributed by atoms with Crippen LogP contribution in [0.25, 0.3) is 0 Å². The molecule has 0 aliphatic carbocycles. The van der Waals surface area contributed by atoms with Gasteiger partial charge in [-0.1, -0.05) is 20.8 Å². The van der Waals surface area contributed by atoms with E-state index in [1.165, 1.54) is 12.1 Å². The molecule has 0 aliphatic rings. The lowest BCUT2D eigenvalue weighted by molar-refractivity contribution is 0.381. The summed E-state index contributed by atoms with van der Waals surface area (Å²) in [5.41, 5.74) is 0.641. The van der Waals surface area contributed by atoms with E-state index in [0.717, 1.165) is 12.6 Å². The molecule has 0 saturated heterocycles. The fraction of sp³-hybridized carbons (Fsp3) is 0.538. The van der Waals surface area contributed by atoms with E-state index in [1.807, 2.05) is 0 Å². The maximum Gasteiger partial charge on any atom is 0.126 e. The summed E-state index contributed by atoms with van der Waals surface area (Å²) in [6.07, 6.45) is 0.514. The second kappa shape index (κ2) is 5.39. The molecule has 16 heavy (non-hydrogen) atoms. The fourth-order valence-electron chi connectivity index (χ4n) is 1.42. The van der Waals surface area contributed by atoms with Crippen molar-refractivity contribution in [2.24, 2.45) is 5.41 Å². The summed E-state index contributed by atoms with van der Waals surface area (Å²) in [5, 5.41) is 3.23. The minimum Gasteiger partial charge on any atom is -0.316 e. The summed E-state index contributed by atoms with van der Waals surface area (Å²) in [5.74, 6) is -0.716. The van der Waals surface area contributed by atoms with E-state index >= 15 is 0 Å². The van der Waals surface area contributed by atoms with Gasteiger partial charge in [0.2, 0.25) is 0 Å². The second-order valence-electron chi connectivity index (χ2n) is 5.22. The van der Waals surface area contributed by atoms with Crippen molar-refractivity contribution in [1.82, 2.24) is 5.32 Å². The van der Waals surface area contributed by atoms with Crippen LogP contribution in [0.5, 0.6) is 0 Å². The van der Waals surface area contributed by atoms with Gasteiger partial charge < -0.3 is 5.32 Å². The van der Waals surface area contributed by atoms with Crippen molar-refractivity contribution in [3.05, 3.63) is 35.4 Å². The Hall–Kier alpha value is -0.960. The largest absolute Gasteiger partial charge is 0.316 e. The molecule has 0 bridgehead atoms. The molecule has 0 amide bonds. The van der Waals surface area contributed by atoms with Gasteiger partial charge in [0, 0.05) is 6.54 Å². The van der Waals surface area contributed by atoms with Gasteiger partial charge in [-0.2, -0.15) is 0 Å². The molecule has 1 aromatic rings. The topological polar surface area (TPSA) is 12.0 Å². The number of halogens is 2. The molecule has 90 valence electrons. The summed E-state index contributed by atoms with van der Waals surface area (Å²) in [6, 6.07) is 3.57. The molecule has 1 nitrogen and oxygen atoms in total. The quantitative estimate of drug-likeness (QED) is 0.779. The number of benzene rings is 1. The van der Waals surface area contributed by atoms with Crippen molar-refractivity contribution in [2.45, 2.75) is 27.2 Å². The number of rotatable bonds is 4. The van der Waals surface area contributed by atoms with E-state index in [9.17, 15) is 8.78 Å². The Kier molecular flexibility index (Phi) is 4.42. The van der Waals surface area contributed by atoms with E-state index in [2.05, 4.69) is 26.1 Å². The zero-order chi connectivity index (χ0) is 12.2. The van der Waals surface area contributed by atoms with Gasteiger partial charge in [0.05, 0.1) is 0 Å². The molecule has 0 unspecified atom stereocenters. The Morgan fingerprint density at radius 3 is 2.50 bits per heavy atom. The smallest absolute Gasteiger partial charge is 0.126 e. The van der Waals surface area contributed by atoms with Gasteiger partial charge in [-0.25, -0.2) is 8.78 Å². The van der Waals surface area contributed by atoms with Crippen molar-refractivity contribution < 1.29 is 8.78 Å². The monoisotopic (exact) mass is 227 g/mol. The second-order valence-corrected chi connectivity index (χ2v) is 5.22. The van der Waals surface area contributed by atoms with Gasteiger partial charge in [-0.3, -0.25) is 0 Å². The molecule has 0 fully saturated rings. The molecule has 0 aromatic heterocycles. The SMILES string of the molecule is CC(C)(C)CNCCc1cc(F)ccc1F. The summed E-state index contributed by atoms with van der Waals surface area (Å²) in [6.45, 7) is 7.91. The van der Waals surface area contributed by atoms with Crippen LogP contribution in [0.3, 0.4) is 0 Å². The van der Waals surface area contributed by atoms with E-state index in [1.54, 1.807) is 0 Å². The number of hydrogen-bond donors (Lipinski definition) is 1. The molecule has 0 heterocycles. The maximum absolute atomic E-state index is 13.2. The van der Waals surface area contributed by atoms with E-state index in [-0.39, 0.29) is 17.0 Å². The first-order valence-electron chi connectivity index (χ1n) is 5.53. The van der Waals surface area contributed by atoms with Crippen LogP contribution in [-0.2, 0) is 6.42 Å². The number of hydrogen-bond acceptors (Lipinski definition) is 1. The first-order chi connectivity index (χ1) is 7.38. The van der Waals surface area contributed by atoms with E-state index in [0.29, 0.717) is 18.5 Å². The predicted octanol–water partition coefficient (Wildman–Crippen LogP) is 3.14. The van der Waals surface area contributed by atoms with Crippen LogP contribution in [0.1, 0.15) is 26.3 Å². The van der Waals surface area contributed by atoms with Gasteiger partial charge in [0.1, 0.15) is 11.6 Å². The zero-order valence-corrected chi connectivity index (χ0v) is 10.1. The molecular formula is C13H19F2N. The van der Waals surface area contributed by atoms with Crippen molar-refractivity contribution in [2.75, 3.05) is 13.1 Å². The van der Waals surface area contributed by atoms with Gasteiger partial charge in [-0.15, -0.1) is 0 Å². The normalized spacial score (nSPS) is 11.8. The van der Waals surface area contributed by atoms with Gasteiger partial charge in [-0.05, 0) is 42.1 Å². The van der Waals surface area contributed by atoms with Crippen LogP contribution in [0, 0.1) is 17.0 Å². The van der Waals surface area contributed by atoms with Gasteiger partial charge in [0.25, 0.3) is 0 Å². The van der Waals surface area contributed by atoms with E-state index in [4.69, 9.17) is 0 Å². The standard InChI is InChI=1S/C13H19F2N/c1-13(2,3)9-16-7-6-10-8-11(14)4-5-12(10)15/h4-5,8,16H,6-7,9H2,1-3H3. The van der Waals surface area contributed by atoms with E-state index < -0.39 is 0 Å². The molecule has 0 atom stereocenters. The predicted molar refractivity (Wildman–Crippen MR) is 62.4 cm³/mol. The summed E-state index contributed by atoms with van der Waals surface area (Å²) in [4.78, 5) is 0. The number of nitrogens with one attached hydrogen (secondary N) is 1. The molecule has 1 N–H and O–H groups in total. The summed E-state index contributed by atoms with van der Waals surface area (Å²) >= 11 is 0. The minimum absolute atomic E-state index is 0.209. The van der Waals surface area contributed by atoms with Crippen LogP contribution in [0.2, 0.25) is 0 Å². The molecular weight excluding hydrogens is 208 g/mol. The van der Waals surface area contributed by atoms with Crippen LogP contribution in [0.4, 0.5) is 8.78 Å². The highest BCUT2D eigenvalue weighted by Crippen LogP contribution is 2.12. The van der Waals surface area contributed by atoms with Crippen molar-refractivity contribution >= 4 is 0 Å². The first kappa shape index (κ1) is 13.1. The average molecular weight is 227 g/mol. The third-order valence-corrected chi connectivity index (χ3v) is 2.23. The Morgan fingerprint density at radius 2 is 1.88 bits per heavy atom. The molecule has 1 rings (SSSR count). The Labute approximate surface area is 95.9 Å². The highest BCUT2D eigenvalue weighted by atomic mass is 19.1. The Bertz CT molecular complexity index is 342. The van der Waals surface area contributed by atoms with Crippen LogP contribution in [0.15, 0.2) is 18.2 Å². The molecule has 3 heteroatoms. The van der Waals surface area contributed by atoms with Crippen LogP contribution in [-0.4, -0.2) is 13.1 Å². The molecule has 1 aromatic carbocycles. The molecule has 0 spiro atoms. The Balaban J connectivity index is 2.40. The minimum atomic E-state index is -0.382. The molecule has 0 aliphatic heterocycles. The molecule has 0 saturated carbocycles. The van der Waals surface area contributed by atoms with Crippen LogP contribution >= 0.6 is 0 Å². The Morgan fingerprint density at radius 1 is 1.19 bits per heavy atom. The lowest BCUT2D eigenvalue weighted by Gasteiger charge is -2.18. The first-order valence-corrected chi connectivity index (χ1v) is 5.53. The van der Waals surface area contributed by atoms with Gasteiger partial charge >= 0.3 is 0 Å². The molecule has 0 radical (unpaired) electrons. The highest BCUT2D eigenvalue weighted by molar-refractivity contribution is 5.18. The maximum atomic E-state index is 13.2.